The molecule has 0 saturated heterocycles. The number of rotatable bonds is 56. The standard InChI is InChI=1S/C68H111O11P/c1-4-7-10-13-16-19-22-25-28-31-32-35-38-41-44-47-50-53-56-59-68(72)79-65(61-75-66(70)57-54-51-48-45-42-39-36-33-29-26-23-20-17-14-11-8-5-2)63-77-80(73,74)76-62-64(60-69)78-67(71)58-55-52-49-46-43-40-37-34-30-27-24-21-18-15-12-9-6-3/h7-12,16-21,25-30,32,35,41,44,64-65,69H,4-6,13-15,22-24,31,33-34,36-40,42-43,45-63H2,1-3H3,(H,73,74)/b10-7-,11-8-,12-9-,19-16-,20-17-,21-18-,28-25-,29-26-,30-27-,35-32-,44-41-. The number of ether oxygens (including phenoxy) is 3. The average Bonchev–Trinajstić information content (AvgIpc) is 3.45. The third-order valence-corrected chi connectivity index (χ3v) is 13.5. The fourth-order valence-corrected chi connectivity index (χ4v) is 8.72. The van der Waals surface area contributed by atoms with Crippen LogP contribution in [0.15, 0.2) is 134 Å². The number of aliphatic hydroxyl groups is 1. The summed E-state index contributed by atoms with van der Waals surface area (Å²) < 4.78 is 39.6. The van der Waals surface area contributed by atoms with Crippen molar-refractivity contribution in [3.8, 4) is 0 Å². The maximum Gasteiger partial charge on any atom is 0.472 e. The van der Waals surface area contributed by atoms with Gasteiger partial charge < -0.3 is 24.2 Å². The number of phosphoric ester groups is 1. The lowest BCUT2D eigenvalue weighted by Crippen LogP contribution is -2.30. The van der Waals surface area contributed by atoms with Crippen molar-refractivity contribution >= 4 is 25.7 Å². The Morgan fingerprint density at radius 3 is 0.950 bits per heavy atom. The van der Waals surface area contributed by atoms with Crippen LogP contribution in [-0.2, 0) is 42.2 Å². The molecule has 0 aliphatic carbocycles. The van der Waals surface area contributed by atoms with Crippen molar-refractivity contribution in [2.75, 3.05) is 26.4 Å². The van der Waals surface area contributed by atoms with Gasteiger partial charge >= 0.3 is 25.7 Å². The topological polar surface area (TPSA) is 155 Å². The zero-order valence-corrected chi connectivity index (χ0v) is 51.1. The van der Waals surface area contributed by atoms with Gasteiger partial charge in [0.05, 0.1) is 19.8 Å². The molecule has 0 amide bonds. The smallest absolute Gasteiger partial charge is 0.462 e. The number of aliphatic hydroxyl groups excluding tert-OH is 1. The third-order valence-electron chi connectivity index (χ3n) is 12.6. The summed E-state index contributed by atoms with van der Waals surface area (Å²) >= 11 is 0. The highest BCUT2D eigenvalue weighted by atomic mass is 31.2. The van der Waals surface area contributed by atoms with E-state index < -0.39 is 57.8 Å². The molecule has 0 aliphatic heterocycles. The van der Waals surface area contributed by atoms with Gasteiger partial charge in [-0.1, -0.05) is 225 Å². The molecule has 0 spiro atoms. The van der Waals surface area contributed by atoms with Gasteiger partial charge in [-0.25, -0.2) is 4.57 Å². The van der Waals surface area contributed by atoms with Crippen LogP contribution in [0.4, 0.5) is 0 Å². The Hall–Kier alpha value is -4.38. The van der Waals surface area contributed by atoms with Gasteiger partial charge in [0.25, 0.3) is 0 Å². The molecule has 2 N–H and O–H groups in total. The fourth-order valence-electron chi connectivity index (χ4n) is 7.94. The van der Waals surface area contributed by atoms with E-state index in [-0.39, 0.29) is 25.9 Å². The first kappa shape index (κ1) is 75.6. The van der Waals surface area contributed by atoms with Crippen molar-refractivity contribution < 1.29 is 52.2 Å². The van der Waals surface area contributed by atoms with E-state index in [0.29, 0.717) is 19.3 Å². The molecule has 454 valence electrons. The van der Waals surface area contributed by atoms with E-state index in [0.717, 1.165) is 161 Å². The average molecular weight is 1140 g/mol. The van der Waals surface area contributed by atoms with Crippen LogP contribution in [0.1, 0.15) is 239 Å². The van der Waals surface area contributed by atoms with Crippen molar-refractivity contribution in [2.24, 2.45) is 0 Å². The fraction of sp³-hybridized carbons (Fsp3) is 0.632. The van der Waals surface area contributed by atoms with E-state index in [1.165, 1.54) is 19.3 Å². The van der Waals surface area contributed by atoms with Gasteiger partial charge in [0.2, 0.25) is 0 Å². The number of hydrogen-bond donors (Lipinski definition) is 2. The molecule has 12 heteroatoms. The Bertz CT molecular complexity index is 1850. The first-order chi connectivity index (χ1) is 39.2. The molecule has 3 unspecified atom stereocenters. The van der Waals surface area contributed by atoms with Crippen LogP contribution in [-0.4, -0.2) is 66.5 Å². The lowest BCUT2D eigenvalue weighted by atomic mass is 10.1. The number of allylic oxidation sites excluding steroid dienone is 22. The first-order valence-electron chi connectivity index (χ1n) is 31.1. The van der Waals surface area contributed by atoms with Crippen molar-refractivity contribution in [1.29, 1.82) is 0 Å². The van der Waals surface area contributed by atoms with Crippen molar-refractivity contribution in [3.05, 3.63) is 134 Å². The summed E-state index contributed by atoms with van der Waals surface area (Å²) in [6, 6.07) is 0. The summed E-state index contributed by atoms with van der Waals surface area (Å²) in [6.07, 6.45) is 76.8. The summed E-state index contributed by atoms with van der Waals surface area (Å²) in [5.74, 6) is -1.53. The molecule has 0 radical (unpaired) electrons. The van der Waals surface area contributed by atoms with Gasteiger partial charge in [-0.15, -0.1) is 0 Å². The molecule has 0 aromatic carbocycles. The van der Waals surface area contributed by atoms with Crippen LogP contribution in [0.2, 0.25) is 0 Å². The van der Waals surface area contributed by atoms with Crippen LogP contribution < -0.4 is 0 Å². The number of hydrogen-bond acceptors (Lipinski definition) is 10. The van der Waals surface area contributed by atoms with Crippen LogP contribution in [0, 0.1) is 0 Å². The van der Waals surface area contributed by atoms with Gasteiger partial charge in [-0.3, -0.25) is 23.4 Å². The van der Waals surface area contributed by atoms with Crippen LogP contribution in [0.25, 0.3) is 0 Å². The van der Waals surface area contributed by atoms with Gasteiger partial charge in [0.15, 0.2) is 6.10 Å². The highest BCUT2D eigenvalue weighted by Crippen LogP contribution is 2.43. The Balaban J connectivity index is 4.80. The maximum absolute atomic E-state index is 12.9. The van der Waals surface area contributed by atoms with Gasteiger partial charge in [0.1, 0.15) is 12.7 Å². The third kappa shape index (κ3) is 58.3. The number of esters is 3. The molecule has 11 nitrogen and oxygen atoms in total. The summed E-state index contributed by atoms with van der Waals surface area (Å²) in [4.78, 5) is 48.7. The number of carbonyl (C=O) groups is 3. The van der Waals surface area contributed by atoms with Crippen LogP contribution in [0.5, 0.6) is 0 Å². The Morgan fingerprint density at radius 1 is 0.350 bits per heavy atom. The predicted molar refractivity (Wildman–Crippen MR) is 334 cm³/mol. The minimum Gasteiger partial charge on any atom is -0.462 e. The van der Waals surface area contributed by atoms with Crippen molar-refractivity contribution in [2.45, 2.75) is 251 Å². The second-order valence-corrected chi connectivity index (χ2v) is 21.5. The molecule has 80 heavy (non-hydrogen) atoms. The first-order valence-corrected chi connectivity index (χ1v) is 32.6. The van der Waals surface area contributed by atoms with E-state index in [9.17, 15) is 28.9 Å². The zero-order chi connectivity index (χ0) is 58.3. The summed E-state index contributed by atoms with van der Waals surface area (Å²) in [6.45, 7) is 4.25. The molecule has 0 fully saturated rings. The van der Waals surface area contributed by atoms with Gasteiger partial charge in [0, 0.05) is 19.3 Å². The van der Waals surface area contributed by atoms with Crippen LogP contribution in [0.3, 0.4) is 0 Å². The van der Waals surface area contributed by atoms with E-state index in [1.54, 1.807) is 0 Å². The van der Waals surface area contributed by atoms with E-state index >= 15 is 0 Å². The zero-order valence-electron chi connectivity index (χ0n) is 50.2. The second-order valence-electron chi connectivity index (χ2n) is 20.1. The molecule has 0 bridgehead atoms. The highest BCUT2D eigenvalue weighted by Gasteiger charge is 2.28. The number of carbonyl (C=O) groups excluding carboxylic acids is 3. The summed E-state index contributed by atoms with van der Waals surface area (Å²) in [5.41, 5.74) is 0. The summed E-state index contributed by atoms with van der Waals surface area (Å²) in [5, 5.41) is 9.85. The van der Waals surface area contributed by atoms with Crippen LogP contribution >= 0.6 is 7.82 Å². The van der Waals surface area contributed by atoms with E-state index in [1.807, 2.05) is 0 Å². The highest BCUT2D eigenvalue weighted by molar-refractivity contribution is 7.47. The van der Waals surface area contributed by atoms with Gasteiger partial charge in [-0.2, -0.15) is 0 Å². The lowest BCUT2D eigenvalue weighted by Gasteiger charge is -2.21. The SMILES string of the molecule is CC/C=C\C/C=C\C/C=C\C/C=C\C/C=C\CCCCCC(=O)OC(COC(=O)CCCCCCCCC/C=C\C/C=C\C/C=C\CC)COP(=O)(O)OCC(CO)OC(=O)CCCCCCCCC/C=C\C/C=C\C/C=C\CC. The molecular formula is C68H111O11P. The lowest BCUT2D eigenvalue weighted by molar-refractivity contribution is -0.161. The molecule has 0 aromatic heterocycles. The number of unbranched alkanes of at least 4 members (excludes halogenated alkanes) is 17. The van der Waals surface area contributed by atoms with Gasteiger partial charge in [-0.05, 0) is 128 Å². The Morgan fingerprint density at radius 2 is 0.613 bits per heavy atom. The van der Waals surface area contributed by atoms with Crippen molar-refractivity contribution in [1.82, 2.24) is 0 Å². The monoisotopic (exact) mass is 1130 g/mol. The molecule has 0 aliphatic rings. The molecule has 0 saturated carbocycles. The van der Waals surface area contributed by atoms with E-state index in [4.69, 9.17) is 23.3 Å². The minimum absolute atomic E-state index is 0.118. The quantitative estimate of drug-likeness (QED) is 0.0197. The maximum atomic E-state index is 12.9. The molecular weight excluding hydrogens is 1020 g/mol. The molecule has 0 rings (SSSR count). The Labute approximate surface area is 487 Å². The van der Waals surface area contributed by atoms with Crippen molar-refractivity contribution in [3.63, 3.8) is 0 Å². The minimum atomic E-state index is -4.78. The molecule has 0 heterocycles. The largest absolute Gasteiger partial charge is 0.472 e. The predicted octanol–water partition coefficient (Wildman–Crippen LogP) is 18.9. The molecule has 0 aromatic rings. The number of phosphoric acid groups is 1. The Kier molecular flexibility index (Phi) is 57.4. The second kappa shape index (κ2) is 60.7. The molecule has 3 atom stereocenters. The van der Waals surface area contributed by atoms with E-state index in [2.05, 4.69) is 154 Å². The normalized spacial score (nSPS) is 14.2. The summed E-state index contributed by atoms with van der Waals surface area (Å²) in [7, 11) is -4.78.